The zero-order chi connectivity index (χ0) is 23.4. The molecule has 34 heavy (non-hydrogen) atoms. The Morgan fingerprint density at radius 1 is 1.15 bits per heavy atom. The van der Waals surface area contributed by atoms with Crippen molar-refractivity contribution in [3.8, 4) is 27.6 Å². The Balaban J connectivity index is 1.46. The minimum absolute atomic E-state index is 0.00283. The number of thiophene rings is 1. The van der Waals surface area contributed by atoms with Crippen molar-refractivity contribution < 1.29 is 9.18 Å². The Bertz CT molecular complexity index is 1450. The van der Waals surface area contributed by atoms with E-state index >= 15 is 0 Å². The Morgan fingerprint density at radius 2 is 1.91 bits per heavy atom. The van der Waals surface area contributed by atoms with Crippen LogP contribution in [0.3, 0.4) is 0 Å². The fraction of sp³-hybridized carbons (Fsp3) is 0.269. The number of rotatable bonds is 3. The number of H-pyrrole nitrogens is 1. The second kappa shape index (κ2) is 8.05. The number of nitriles is 1. The van der Waals surface area contributed by atoms with E-state index in [1.807, 2.05) is 35.2 Å². The molecule has 0 aliphatic carbocycles. The summed E-state index contributed by atoms with van der Waals surface area (Å²) in [6.45, 7) is 0. The number of piperidine rings is 1. The number of aromatic nitrogens is 2. The van der Waals surface area contributed by atoms with E-state index in [1.54, 1.807) is 12.3 Å². The molecule has 2 bridgehead atoms. The zero-order valence-corrected chi connectivity index (χ0v) is 19.1. The number of hydrogen-bond donors (Lipinski definition) is 2. The van der Waals surface area contributed by atoms with Crippen LogP contribution in [0.15, 0.2) is 48.7 Å². The molecule has 3 N–H and O–H groups in total. The van der Waals surface area contributed by atoms with E-state index in [4.69, 9.17) is 11.0 Å². The minimum Gasteiger partial charge on any atom is -0.332 e. The van der Waals surface area contributed by atoms with Crippen LogP contribution in [0, 0.1) is 17.1 Å². The van der Waals surface area contributed by atoms with Crippen LogP contribution in [-0.4, -0.2) is 39.1 Å². The molecule has 0 spiro atoms. The summed E-state index contributed by atoms with van der Waals surface area (Å²) in [5, 5.41) is 17.2. The van der Waals surface area contributed by atoms with Crippen molar-refractivity contribution in [2.24, 2.45) is 5.73 Å². The van der Waals surface area contributed by atoms with Crippen LogP contribution in [0.5, 0.6) is 0 Å². The summed E-state index contributed by atoms with van der Waals surface area (Å²) in [5.74, 6) is -0.550. The third kappa shape index (κ3) is 3.40. The van der Waals surface area contributed by atoms with Gasteiger partial charge in [-0.1, -0.05) is 18.2 Å². The number of nitrogens with two attached hydrogens (primary N) is 1. The van der Waals surface area contributed by atoms with Crippen LogP contribution in [0.2, 0.25) is 0 Å². The first-order chi connectivity index (χ1) is 16.5. The topological polar surface area (TPSA) is 98.8 Å². The van der Waals surface area contributed by atoms with Gasteiger partial charge >= 0.3 is 0 Å². The van der Waals surface area contributed by atoms with E-state index in [0.717, 1.165) is 52.6 Å². The number of halogens is 1. The number of benzene rings is 2. The second-order valence-electron chi connectivity index (χ2n) is 9.16. The van der Waals surface area contributed by atoms with Crippen LogP contribution < -0.4 is 5.73 Å². The summed E-state index contributed by atoms with van der Waals surface area (Å²) in [5.41, 5.74) is 9.42. The third-order valence-corrected chi connectivity index (χ3v) is 8.22. The quantitative estimate of drug-likeness (QED) is 0.436. The first kappa shape index (κ1) is 21.0. The third-order valence-electron chi connectivity index (χ3n) is 7.05. The number of hydrogen-bond acceptors (Lipinski definition) is 5. The second-order valence-corrected chi connectivity index (χ2v) is 10.2. The first-order valence-corrected chi connectivity index (χ1v) is 12.2. The molecule has 2 saturated heterocycles. The molecular weight excluding hydrogens is 449 g/mol. The number of aromatic amines is 1. The molecule has 2 aromatic heterocycles. The minimum atomic E-state index is -0.572. The van der Waals surface area contributed by atoms with Crippen LogP contribution in [-0.2, 0) is 0 Å². The summed E-state index contributed by atoms with van der Waals surface area (Å²) < 4.78 is 14.5. The number of fused-ring (bicyclic) bond motifs is 3. The van der Waals surface area contributed by atoms with E-state index in [0.29, 0.717) is 10.4 Å². The highest BCUT2D eigenvalue weighted by atomic mass is 32.1. The average Bonchev–Trinajstić information content (AvgIpc) is 3.54. The SMILES string of the molecule is N#Cc1ccc(-c2cc(C(=O)N3C4CCC3CC(N)C4)sc2-c2ccc3cn[nH]c3c2)cc1F. The van der Waals surface area contributed by atoms with Gasteiger partial charge in [0.05, 0.1) is 22.2 Å². The van der Waals surface area contributed by atoms with Crippen molar-refractivity contribution in [1.29, 1.82) is 5.26 Å². The zero-order valence-electron chi connectivity index (χ0n) is 18.3. The fourth-order valence-corrected chi connectivity index (χ4v) is 6.58. The summed E-state index contributed by atoms with van der Waals surface area (Å²) >= 11 is 1.42. The maximum Gasteiger partial charge on any atom is 0.264 e. The van der Waals surface area contributed by atoms with Crippen LogP contribution >= 0.6 is 11.3 Å². The van der Waals surface area contributed by atoms with Crippen LogP contribution in [0.1, 0.15) is 40.9 Å². The molecular formula is C26H22FN5OS. The van der Waals surface area contributed by atoms with Gasteiger partial charge in [0.25, 0.3) is 5.91 Å². The normalized spacial score (nSPS) is 21.7. The van der Waals surface area contributed by atoms with Gasteiger partial charge in [0.1, 0.15) is 11.9 Å². The molecule has 2 atom stereocenters. The van der Waals surface area contributed by atoms with Crippen molar-refractivity contribution in [1.82, 2.24) is 15.1 Å². The Kier molecular flexibility index (Phi) is 4.97. The van der Waals surface area contributed by atoms with Gasteiger partial charge < -0.3 is 10.6 Å². The van der Waals surface area contributed by atoms with Gasteiger partial charge in [0.2, 0.25) is 0 Å². The number of nitrogens with one attached hydrogen (secondary N) is 1. The lowest BCUT2D eigenvalue weighted by Crippen LogP contribution is -2.49. The standard InChI is InChI=1S/C26H22FN5OS/c27-22-7-14(1-3-16(22)12-28)21-11-24(26(33)32-19-5-6-20(32)10-18(29)9-19)34-25(21)15-2-4-17-13-30-31-23(17)8-15/h1-4,7-8,11,13,18-20H,5-6,9-10,29H2,(H,30,31). The summed E-state index contributed by atoms with van der Waals surface area (Å²) in [6.07, 6.45) is 5.42. The lowest BCUT2D eigenvalue weighted by Gasteiger charge is -2.37. The lowest BCUT2D eigenvalue weighted by atomic mass is 9.97. The van der Waals surface area contributed by atoms with Crippen molar-refractivity contribution in [2.45, 2.75) is 43.8 Å². The van der Waals surface area contributed by atoms with Gasteiger partial charge in [-0.15, -0.1) is 11.3 Å². The van der Waals surface area contributed by atoms with E-state index in [9.17, 15) is 9.18 Å². The van der Waals surface area contributed by atoms with Crippen molar-refractivity contribution in [3.05, 3.63) is 64.9 Å². The van der Waals surface area contributed by atoms with Crippen LogP contribution in [0.4, 0.5) is 4.39 Å². The predicted octanol–water partition coefficient (Wildman–Crippen LogP) is 5.06. The number of nitrogens with zero attached hydrogens (tertiary/aromatic N) is 3. The van der Waals surface area contributed by atoms with E-state index in [1.165, 1.54) is 23.5 Å². The molecule has 170 valence electrons. The Labute approximate surface area is 199 Å². The number of carbonyl (C=O) groups is 1. The van der Waals surface area contributed by atoms with E-state index < -0.39 is 5.82 Å². The number of carbonyl (C=O) groups excluding carboxylic acids is 1. The molecule has 1 amide bonds. The molecule has 2 fully saturated rings. The van der Waals surface area contributed by atoms with Gasteiger partial charge in [-0.05, 0) is 61.1 Å². The monoisotopic (exact) mass is 471 g/mol. The summed E-state index contributed by atoms with van der Waals surface area (Å²) in [7, 11) is 0. The summed E-state index contributed by atoms with van der Waals surface area (Å²) in [4.78, 5) is 17.2. The fourth-order valence-electron chi connectivity index (χ4n) is 5.45. The molecule has 8 heteroatoms. The van der Waals surface area contributed by atoms with Crippen molar-refractivity contribution in [3.63, 3.8) is 0 Å². The maximum atomic E-state index is 14.5. The van der Waals surface area contributed by atoms with Crippen molar-refractivity contribution in [2.75, 3.05) is 0 Å². The van der Waals surface area contributed by atoms with E-state index in [2.05, 4.69) is 10.2 Å². The van der Waals surface area contributed by atoms with Gasteiger partial charge in [-0.25, -0.2) is 4.39 Å². The predicted molar refractivity (Wildman–Crippen MR) is 130 cm³/mol. The smallest absolute Gasteiger partial charge is 0.264 e. The molecule has 2 unspecified atom stereocenters. The Morgan fingerprint density at radius 3 is 2.65 bits per heavy atom. The average molecular weight is 472 g/mol. The van der Waals surface area contributed by atoms with Gasteiger partial charge in [0, 0.05) is 34.0 Å². The Hall–Kier alpha value is -3.54. The molecule has 6 rings (SSSR count). The molecule has 2 aliphatic heterocycles. The molecule has 6 nitrogen and oxygen atoms in total. The van der Waals surface area contributed by atoms with Gasteiger partial charge in [0.15, 0.2) is 0 Å². The lowest BCUT2D eigenvalue weighted by molar-refractivity contribution is 0.0580. The first-order valence-electron chi connectivity index (χ1n) is 11.4. The highest BCUT2D eigenvalue weighted by molar-refractivity contribution is 7.18. The summed E-state index contributed by atoms with van der Waals surface area (Å²) in [6, 6.07) is 14.8. The van der Waals surface area contributed by atoms with Crippen LogP contribution in [0.25, 0.3) is 32.5 Å². The van der Waals surface area contributed by atoms with Gasteiger partial charge in [-0.3, -0.25) is 9.89 Å². The molecule has 4 heterocycles. The largest absolute Gasteiger partial charge is 0.332 e. The highest BCUT2D eigenvalue weighted by Crippen LogP contribution is 2.43. The molecule has 4 aromatic rings. The van der Waals surface area contributed by atoms with Gasteiger partial charge in [-0.2, -0.15) is 10.4 Å². The number of amides is 1. The van der Waals surface area contributed by atoms with Crippen molar-refractivity contribution >= 4 is 28.1 Å². The molecule has 0 radical (unpaired) electrons. The maximum absolute atomic E-state index is 14.5. The molecule has 2 aliphatic rings. The highest BCUT2D eigenvalue weighted by Gasteiger charge is 2.43. The molecule has 0 saturated carbocycles. The molecule has 2 aromatic carbocycles. The van der Waals surface area contributed by atoms with E-state index in [-0.39, 0.29) is 29.6 Å².